The van der Waals surface area contributed by atoms with Gasteiger partial charge in [0.25, 0.3) is 0 Å². The highest BCUT2D eigenvalue weighted by Crippen LogP contribution is 2.28. The molecule has 1 aromatic rings. The van der Waals surface area contributed by atoms with Crippen LogP contribution in [0.1, 0.15) is 19.3 Å². The molecule has 1 saturated heterocycles. The van der Waals surface area contributed by atoms with E-state index in [1.165, 1.54) is 19.3 Å². The van der Waals surface area contributed by atoms with Crippen LogP contribution in [0.3, 0.4) is 0 Å². The number of hydrogen-bond acceptors (Lipinski definition) is 3. The Bertz CT molecular complexity index is 301. The predicted molar refractivity (Wildman–Crippen MR) is 54.3 cm³/mol. The average molecular weight is 191 g/mol. The Morgan fingerprint density at radius 2 is 2.43 bits per heavy atom. The largest absolute Gasteiger partial charge is 0.474 e. The average Bonchev–Trinajstić information content (AvgIpc) is 2.88. The predicted octanol–water partition coefficient (Wildman–Crippen LogP) is 0.763. The highest BCUT2D eigenvalue weighted by atomic mass is 16.5. The molecule has 3 rings (SSSR count). The first-order valence-electron chi connectivity index (χ1n) is 5.34. The van der Waals surface area contributed by atoms with Crippen molar-refractivity contribution in [2.75, 3.05) is 6.61 Å². The molecule has 74 valence electrons. The molecule has 0 spiro atoms. The van der Waals surface area contributed by atoms with Crippen LogP contribution in [0.4, 0.5) is 0 Å². The van der Waals surface area contributed by atoms with Gasteiger partial charge < -0.3 is 14.3 Å². The van der Waals surface area contributed by atoms with E-state index < -0.39 is 0 Å². The van der Waals surface area contributed by atoms with Crippen LogP contribution in [0.2, 0.25) is 0 Å². The van der Waals surface area contributed by atoms with Gasteiger partial charge in [-0.15, -0.1) is 0 Å². The minimum absolute atomic E-state index is 0.0238. The maximum atomic E-state index is 5.73. The fraction of sp³-hybridized carbons (Fsp3) is 0.600. The summed E-state index contributed by atoms with van der Waals surface area (Å²) in [6.45, 7) is 0.878. The van der Waals surface area contributed by atoms with Crippen molar-refractivity contribution < 1.29 is 9.07 Å². The zero-order valence-electron chi connectivity index (χ0n) is 8.11. The molecular formula is C10H14BNO2. The smallest absolute Gasteiger partial charge is 0.454 e. The monoisotopic (exact) mass is 191 g/mol. The van der Waals surface area contributed by atoms with Gasteiger partial charge in [-0.05, 0) is 30.9 Å². The Balaban J connectivity index is 1.73. The number of furan rings is 1. The van der Waals surface area contributed by atoms with Gasteiger partial charge in [0, 0.05) is 12.6 Å². The molecule has 0 aromatic carbocycles. The fourth-order valence-electron chi connectivity index (χ4n) is 2.52. The first-order valence-corrected chi connectivity index (χ1v) is 5.34. The number of rotatable bonds is 1. The van der Waals surface area contributed by atoms with Crippen molar-refractivity contribution in [2.24, 2.45) is 5.92 Å². The Hall–Kier alpha value is -0.735. The third kappa shape index (κ3) is 1.39. The van der Waals surface area contributed by atoms with Crippen molar-refractivity contribution in [3.63, 3.8) is 0 Å². The maximum Gasteiger partial charge on any atom is 0.454 e. The second-order valence-electron chi connectivity index (χ2n) is 4.19. The lowest BCUT2D eigenvalue weighted by atomic mass is 9.75. The van der Waals surface area contributed by atoms with Gasteiger partial charge in [0.2, 0.25) is 0 Å². The van der Waals surface area contributed by atoms with Crippen LogP contribution in [-0.4, -0.2) is 19.7 Å². The van der Waals surface area contributed by atoms with E-state index in [9.17, 15) is 0 Å². The molecule has 0 bridgehead atoms. The molecule has 0 radical (unpaired) electrons. The van der Waals surface area contributed by atoms with Gasteiger partial charge in [-0.1, -0.05) is 6.42 Å². The fourth-order valence-corrected chi connectivity index (χ4v) is 2.52. The van der Waals surface area contributed by atoms with Gasteiger partial charge >= 0.3 is 7.05 Å². The quantitative estimate of drug-likeness (QED) is 0.665. The maximum absolute atomic E-state index is 5.73. The summed E-state index contributed by atoms with van der Waals surface area (Å²) in [5.41, 5.74) is 0.898. The molecular weight excluding hydrogens is 177 g/mol. The lowest BCUT2D eigenvalue weighted by Gasteiger charge is -2.30. The first-order chi connectivity index (χ1) is 6.93. The van der Waals surface area contributed by atoms with E-state index in [1.54, 1.807) is 6.26 Å². The van der Waals surface area contributed by atoms with Crippen molar-refractivity contribution in [1.29, 1.82) is 0 Å². The summed E-state index contributed by atoms with van der Waals surface area (Å²) in [6, 6.07) is 4.51. The summed E-state index contributed by atoms with van der Waals surface area (Å²) in [7, 11) is -0.0238. The van der Waals surface area contributed by atoms with Crippen LogP contribution in [0.15, 0.2) is 22.8 Å². The van der Waals surface area contributed by atoms with Crippen molar-refractivity contribution in [3.8, 4) is 0 Å². The molecule has 2 atom stereocenters. The topological polar surface area (TPSA) is 34.4 Å². The molecule has 0 unspecified atom stereocenters. The van der Waals surface area contributed by atoms with Crippen LogP contribution in [0.25, 0.3) is 0 Å². The molecule has 2 aliphatic rings. The molecule has 1 aliphatic heterocycles. The summed E-state index contributed by atoms with van der Waals surface area (Å²) < 4.78 is 11.1. The minimum Gasteiger partial charge on any atom is -0.474 e. The SMILES string of the molecule is c1coc(B2N[C@@H]3CCC[C@@H]3CO2)c1. The van der Waals surface area contributed by atoms with Crippen LogP contribution in [-0.2, 0) is 4.65 Å². The third-order valence-electron chi connectivity index (χ3n) is 3.30. The van der Waals surface area contributed by atoms with Crippen LogP contribution < -0.4 is 10.9 Å². The molecule has 3 nitrogen and oxygen atoms in total. The van der Waals surface area contributed by atoms with Gasteiger partial charge in [-0.2, -0.15) is 0 Å². The zero-order chi connectivity index (χ0) is 9.38. The van der Waals surface area contributed by atoms with Crippen LogP contribution >= 0.6 is 0 Å². The molecule has 14 heavy (non-hydrogen) atoms. The molecule has 0 amide bonds. The van der Waals surface area contributed by atoms with Crippen LogP contribution in [0.5, 0.6) is 0 Å². The van der Waals surface area contributed by atoms with Crippen LogP contribution in [0, 0.1) is 5.92 Å². The molecule has 4 heteroatoms. The van der Waals surface area contributed by atoms with E-state index >= 15 is 0 Å². The van der Waals surface area contributed by atoms with Gasteiger partial charge in [0.05, 0.1) is 6.26 Å². The molecule has 1 saturated carbocycles. The van der Waals surface area contributed by atoms with Gasteiger partial charge in [-0.3, -0.25) is 0 Å². The summed E-state index contributed by atoms with van der Waals surface area (Å²) in [4.78, 5) is 0. The Kier molecular flexibility index (Phi) is 2.11. The Morgan fingerprint density at radius 1 is 1.43 bits per heavy atom. The van der Waals surface area contributed by atoms with E-state index in [1.807, 2.05) is 12.1 Å². The van der Waals surface area contributed by atoms with Crippen molar-refractivity contribution in [2.45, 2.75) is 25.3 Å². The molecule has 2 heterocycles. The molecule has 2 fully saturated rings. The second-order valence-corrected chi connectivity index (χ2v) is 4.19. The van der Waals surface area contributed by atoms with E-state index in [4.69, 9.17) is 9.07 Å². The van der Waals surface area contributed by atoms with Gasteiger partial charge in [0.1, 0.15) is 5.66 Å². The Labute approximate surface area is 83.9 Å². The van der Waals surface area contributed by atoms with E-state index in [0.717, 1.165) is 18.2 Å². The lowest BCUT2D eigenvalue weighted by molar-refractivity contribution is 0.195. The summed E-state index contributed by atoms with van der Waals surface area (Å²) in [5.74, 6) is 0.723. The highest BCUT2D eigenvalue weighted by molar-refractivity contribution is 6.63. The number of hydrogen-bond donors (Lipinski definition) is 1. The van der Waals surface area contributed by atoms with Gasteiger partial charge in [0.15, 0.2) is 0 Å². The van der Waals surface area contributed by atoms with E-state index in [-0.39, 0.29) is 7.05 Å². The lowest BCUT2D eigenvalue weighted by Crippen LogP contribution is -2.57. The van der Waals surface area contributed by atoms with E-state index in [0.29, 0.717) is 6.04 Å². The Morgan fingerprint density at radius 3 is 3.29 bits per heavy atom. The molecule has 1 aliphatic carbocycles. The molecule has 1 N–H and O–H groups in total. The van der Waals surface area contributed by atoms with Gasteiger partial charge in [-0.25, -0.2) is 0 Å². The minimum atomic E-state index is -0.0238. The normalized spacial score (nSPS) is 31.9. The summed E-state index contributed by atoms with van der Waals surface area (Å²) >= 11 is 0. The van der Waals surface area contributed by atoms with Crippen molar-refractivity contribution in [3.05, 3.63) is 18.4 Å². The van der Waals surface area contributed by atoms with Crippen molar-refractivity contribution in [1.82, 2.24) is 5.23 Å². The second kappa shape index (κ2) is 3.44. The standard InChI is InChI=1S/C10H14BNO2/c1-3-8-7-14-11(12-9(8)4-1)10-5-2-6-13-10/h2,5-6,8-9,12H,1,3-4,7H2/t8-,9-/m1/s1. The zero-order valence-corrected chi connectivity index (χ0v) is 8.11. The summed E-state index contributed by atoms with van der Waals surface area (Å²) in [5, 5.41) is 3.50. The number of nitrogens with one attached hydrogen (secondary N) is 1. The third-order valence-corrected chi connectivity index (χ3v) is 3.30. The van der Waals surface area contributed by atoms with E-state index in [2.05, 4.69) is 5.23 Å². The number of fused-ring (bicyclic) bond motifs is 1. The highest BCUT2D eigenvalue weighted by Gasteiger charge is 2.38. The summed E-state index contributed by atoms with van der Waals surface area (Å²) in [6.07, 6.45) is 5.62. The van der Waals surface area contributed by atoms with Crippen molar-refractivity contribution >= 4 is 12.7 Å². The molecule has 1 aromatic heterocycles. The first kappa shape index (κ1) is 8.56.